The molecule has 6 nitrogen and oxygen atoms in total. The average Bonchev–Trinajstić information content (AvgIpc) is 3.36. The number of nitrogens with zero attached hydrogens (tertiary/aromatic N) is 3. The lowest BCUT2D eigenvalue weighted by atomic mass is 9.98. The number of para-hydroxylation sites is 1. The van der Waals surface area contributed by atoms with Crippen molar-refractivity contribution in [2.75, 3.05) is 6.54 Å². The van der Waals surface area contributed by atoms with Gasteiger partial charge in [0.1, 0.15) is 11.4 Å². The smallest absolute Gasteiger partial charge is 0.290 e. The van der Waals surface area contributed by atoms with Crippen molar-refractivity contribution in [3.8, 4) is 0 Å². The zero-order chi connectivity index (χ0) is 20.7. The van der Waals surface area contributed by atoms with Gasteiger partial charge in [0.25, 0.3) is 5.91 Å². The molecule has 150 valence electrons. The molecule has 0 spiro atoms. The number of rotatable bonds is 5. The largest absolute Gasteiger partial charge is 0.450 e. The maximum atomic E-state index is 14.7. The number of aromatic nitrogens is 2. The van der Waals surface area contributed by atoms with E-state index in [1.54, 1.807) is 55.0 Å². The zero-order valence-electron chi connectivity index (χ0n) is 16.0. The molecule has 0 saturated heterocycles. The molecule has 3 heterocycles. The van der Waals surface area contributed by atoms with E-state index in [4.69, 9.17) is 4.42 Å². The Labute approximate surface area is 171 Å². The van der Waals surface area contributed by atoms with E-state index in [1.165, 1.54) is 11.0 Å². The molecule has 0 aliphatic carbocycles. The van der Waals surface area contributed by atoms with Gasteiger partial charge in [0.2, 0.25) is 5.76 Å². The van der Waals surface area contributed by atoms with Crippen LogP contribution in [0.15, 0.2) is 76.5 Å². The van der Waals surface area contributed by atoms with E-state index in [9.17, 15) is 14.0 Å². The quantitative estimate of drug-likeness (QED) is 0.509. The Balaban J connectivity index is 1.61. The summed E-state index contributed by atoms with van der Waals surface area (Å²) in [5.74, 6) is -0.864. The second kappa shape index (κ2) is 7.26. The number of carbonyl (C=O) groups excluding carboxylic acids is 1. The topological polar surface area (TPSA) is 68.3 Å². The molecule has 4 aromatic rings. The van der Waals surface area contributed by atoms with Gasteiger partial charge in [0.05, 0.1) is 23.3 Å². The van der Waals surface area contributed by atoms with Gasteiger partial charge < -0.3 is 13.9 Å². The van der Waals surface area contributed by atoms with Crippen molar-refractivity contribution in [2.24, 2.45) is 0 Å². The molecule has 0 N–H and O–H groups in total. The number of benzene rings is 2. The van der Waals surface area contributed by atoms with E-state index in [0.717, 1.165) is 0 Å². The molecule has 1 atom stereocenters. The van der Waals surface area contributed by atoms with Crippen molar-refractivity contribution in [1.29, 1.82) is 0 Å². The highest BCUT2D eigenvalue weighted by Crippen LogP contribution is 2.39. The third kappa shape index (κ3) is 2.90. The van der Waals surface area contributed by atoms with E-state index < -0.39 is 17.8 Å². The van der Waals surface area contributed by atoms with Crippen molar-refractivity contribution in [2.45, 2.75) is 19.0 Å². The first kappa shape index (κ1) is 18.3. The number of imidazole rings is 1. The summed E-state index contributed by atoms with van der Waals surface area (Å²) in [7, 11) is 0. The third-order valence-corrected chi connectivity index (χ3v) is 5.45. The van der Waals surface area contributed by atoms with Crippen molar-refractivity contribution < 1.29 is 13.6 Å². The van der Waals surface area contributed by atoms with Gasteiger partial charge in [-0.15, -0.1) is 0 Å². The standard InChI is InChI=1S/C23H18FN3O3/c24-17-8-3-1-6-15(17)20-19-21(28)16-7-2-4-9-18(16)30-22(19)23(29)27(20)12-5-11-26-13-10-25-14-26/h1-4,6-10,13-14,20H,5,11-12H2. The zero-order valence-corrected chi connectivity index (χ0v) is 16.0. The van der Waals surface area contributed by atoms with Crippen LogP contribution in [-0.2, 0) is 6.54 Å². The second-order valence-electron chi connectivity index (χ2n) is 7.25. The van der Waals surface area contributed by atoms with Gasteiger partial charge in [-0.25, -0.2) is 9.37 Å². The lowest BCUT2D eigenvalue weighted by molar-refractivity contribution is 0.0722. The number of halogens is 1. The lowest BCUT2D eigenvalue weighted by Gasteiger charge is -2.25. The molecule has 0 radical (unpaired) electrons. The Morgan fingerprint density at radius 3 is 2.63 bits per heavy atom. The van der Waals surface area contributed by atoms with Crippen LogP contribution < -0.4 is 5.43 Å². The molecule has 1 unspecified atom stereocenters. The van der Waals surface area contributed by atoms with E-state index in [2.05, 4.69) is 4.98 Å². The molecule has 5 rings (SSSR count). The minimum absolute atomic E-state index is 0.00501. The Kier molecular flexibility index (Phi) is 4.43. The molecule has 0 bridgehead atoms. The normalized spacial score (nSPS) is 15.7. The summed E-state index contributed by atoms with van der Waals surface area (Å²) in [6, 6.07) is 12.2. The highest BCUT2D eigenvalue weighted by atomic mass is 19.1. The molecule has 2 aromatic heterocycles. The first-order chi connectivity index (χ1) is 14.6. The first-order valence-electron chi connectivity index (χ1n) is 9.72. The average molecular weight is 403 g/mol. The van der Waals surface area contributed by atoms with Crippen LogP contribution in [0.5, 0.6) is 0 Å². The van der Waals surface area contributed by atoms with Crippen molar-refractivity contribution in [3.05, 3.63) is 100 Å². The minimum atomic E-state index is -0.822. The van der Waals surface area contributed by atoms with Gasteiger partial charge in [0.15, 0.2) is 5.43 Å². The Hall–Kier alpha value is -3.74. The molecule has 7 heteroatoms. The van der Waals surface area contributed by atoms with E-state index in [-0.39, 0.29) is 22.3 Å². The predicted molar refractivity (Wildman–Crippen MR) is 109 cm³/mol. The maximum absolute atomic E-state index is 14.7. The van der Waals surface area contributed by atoms with Crippen LogP contribution in [0, 0.1) is 5.82 Å². The highest BCUT2D eigenvalue weighted by Gasteiger charge is 2.43. The number of aryl methyl sites for hydroxylation is 1. The van der Waals surface area contributed by atoms with Crippen LogP contribution in [0.2, 0.25) is 0 Å². The molecule has 0 fully saturated rings. The fraction of sp³-hybridized carbons (Fsp3) is 0.174. The Morgan fingerprint density at radius 2 is 1.83 bits per heavy atom. The molecule has 0 saturated carbocycles. The minimum Gasteiger partial charge on any atom is -0.450 e. The van der Waals surface area contributed by atoms with E-state index in [0.29, 0.717) is 30.5 Å². The Bertz CT molecular complexity index is 1300. The first-order valence-corrected chi connectivity index (χ1v) is 9.72. The SMILES string of the molecule is O=C1c2oc3ccccc3c(=O)c2C(c2ccccc2F)N1CCCn1ccnc1. The van der Waals surface area contributed by atoms with Gasteiger partial charge in [-0.2, -0.15) is 0 Å². The van der Waals surface area contributed by atoms with Crippen LogP contribution in [0.1, 0.15) is 34.1 Å². The van der Waals surface area contributed by atoms with Gasteiger partial charge in [-0.1, -0.05) is 30.3 Å². The van der Waals surface area contributed by atoms with Gasteiger partial charge in [-0.05, 0) is 24.6 Å². The molecule has 2 aromatic carbocycles. The molecular weight excluding hydrogens is 385 g/mol. The number of amides is 1. The van der Waals surface area contributed by atoms with E-state index >= 15 is 0 Å². The molecule has 1 aliphatic rings. The summed E-state index contributed by atoms with van der Waals surface area (Å²) < 4.78 is 22.5. The van der Waals surface area contributed by atoms with Crippen LogP contribution >= 0.6 is 0 Å². The monoisotopic (exact) mass is 403 g/mol. The maximum Gasteiger partial charge on any atom is 0.290 e. The molecular formula is C23H18FN3O3. The van der Waals surface area contributed by atoms with Crippen LogP contribution in [0.4, 0.5) is 4.39 Å². The van der Waals surface area contributed by atoms with Crippen molar-refractivity contribution in [3.63, 3.8) is 0 Å². The van der Waals surface area contributed by atoms with Crippen LogP contribution in [-0.4, -0.2) is 26.9 Å². The fourth-order valence-corrected chi connectivity index (χ4v) is 4.06. The summed E-state index contributed by atoms with van der Waals surface area (Å²) in [4.78, 5) is 32.1. The van der Waals surface area contributed by atoms with Crippen LogP contribution in [0.25, 0.3) is 11.0 Å². The fourth-order valence-electron chi connectivity index (χ4n) is 4.06. The van der Waals surface area contributed by atoms with Crippen LogP contribution in [0.3, 0.4) is 0 Å². The number of hydrogen-bond donors (Lipinski definition) is 0. The number of carbonyl (C=O) groups is 1. The van der Waals surface area contributed by atoms with Crippen molar-refractivity contribution >= 4 is 16.9 Å². The summed E-state index contributed by atoms with van der Waals surface area (Å²) in [6.07, 6.45) is 5.85. The second-order valence-corrected chi connectivity index (χ2v) is 7.25. The van der Waals surface area contributed by atoms with E-state index in [1.807, 2.05) is 10.8 Å². The number of hydrogen-bond acceptors (Lipinski definition) is 4. The summed E-state index contributed by atoms with van der Waals surface area (Å²) in [5, 5.41) is 0.380. The predicted octanol–water partition coefficient (Wildman–Crippen LogP) is 3.76. The van der Waals surface area contributed by atoms with Crippen molar-refractivity contribution in [1.82, 2.24) is 14.5 Å². The lowest BCUT2D eigenvalue weighted by Crippen LogP contribution is -2.31. The third-order valence-electron chi connectivity index (χ3n) is 5.45. The highest BCUT2D eigenvalue weighted by molar-refractivity contribution is 5.99. The summed E-state index contributed by atoms with van der Waals surface area (Å²) >= 11 is 0. The summed E-state index contributed by atoms with van der Waals surface area (Å²) in [6.45, 7) is 0.990. The summed E-state index contributed by atoms with van der Waals surface area (Å²) in [5.41, 5.74) is 0.536. The molecule has 30 heavy (non-hydrogen) atoms. The number of fused-ring (bicyclic) bond motifs is 2. The molecule has 1 amide bonds. The van der Waals surface area contributed by atoms with Gasteiger partial charge in [0, 0.05) is 31.0 Å². The van der Waals surface area contributed by atoms with Gasteiger partial charge in [-0.3, -0.25) is 9.59 Å². The van der Waals surface area contributed by atoms with Gasteiger partial charge >= 0.3 is 0 Å². The molecule has 1 aliphatic heterocycles. The Morgan fingerprint density at radius 1 is 1.03 bits per heavy atom.